The summed E-state index contributed by atoms with van der Waals surface area (Å²) < 4.78 is 29.0. The highest BCUT2D eigenvalue weighted by Crippen LogP contribution is 2.25. The Morgan fingerprint density at radius 1 is 1.39 bits per heavy atom. The van der Waals surface area contributed by atoms with Gasteiger partial charge in [-0.25, -0.2) is 0 Å². The third-order valence-corrected chi connectivity index (χ3v) is 5.96. The second-order valence-electron chi connectivity index (χ2n) is 6.37. The van der Waals surface area contributed by atoms with E-state index in [0.717, 1.165) is 12.0 Å². The van der Waals surface area contributed by atoms with E-state index in [1.165, 1.54) is 4.31 Å². The van der Waals surface area contributed by atoms with Crippen molar-refractivity contribution < 1.29 is 8.42 Å². The molecule has 1 aliphatic heterocycles. The molecule has 0 amide bonds. The first-order valence-corrected chi connectivity index (χ1v) is 9.34. The maximum absolute atomic E-state index is 13.0. The number of hydrogen-bond acceptors (Lipinski definition) is 4. The molecular formula is C16H24N4O2S. The molecule has 1 aromatic heterocycles. The molecule has 0 aromatic carbocycles. The largest absolute Gasteiger partial charge is 0.282 e. The zero-order valence-corrected chi connectivity index (χ0v) is 14.5. The van der Waals surface area contributed by atoms with Crippen LogP contribution in [0.3, 0.4) is 0 Å². The summed E-state index contributed by atoms with van der Waals surface area (Å²) in [5, 5.41) is 8.84. The molecule has 126 valence electrons. The normalized spacial score (nSPS) is 22.9. The zero-order chi connectivity index (χ0) is 16.9. The van der Waals surface area contributed by atoms with Crippen LogP contribution in [0.4, 0.5) is 0 Å². The third kappa shape index (κ3) is 4.74. The van der Waals surface area contributed by atoms with Gasteiger partial charge in [0.1, 0.15) is 0 Å². The van der Waals surface area contributed by atoms with Crippen LogP contribution in [0.2, 0.25) is 0 Å². The number of pyridine rings is 1. The highest BCUT2D eigenvalue weighted by Gasteiger charge is 2.34. The van der Waals surface area contributed by atoms with Gasteiger partial charge < -0.3 is 0 Å². The van der Waals surface area contributed by atoms with Gasteiger partial charge in [0.2, 0.25) is 0 Å². The smallest absolute Gasteiger partial charge is 0.264 e. The fraction of sp³-hybridized carbons (Fsp3) is 0.625. The van der Waals surface area contributed by atoms with Crippen LogP contribution >= 0.6 is 0 Å². The average Bonchev–Trinajstić information content (AvgIpc) is 2.51. The molecule has 0 aliphatic carbocycles. The minimum absolute atomic E-state index is 0.179. The fourth-order valence-corrected chi connectivity index (χ4v) is 4.95. The van der Waals surface area contributed by atoms with Crippen LogP contribution in [0.15, 0.2) is 24.5 Å². The molecule has 1 fully saturated rings. The van der Waals surface area contributed by atoms with Crippen LogP contribution in [-0.4, -0.2) is 41.6 Å². The summed E-state index contributed by atoms with van der Waals surface area (Å²) in [5.41, 5.74) is 0.826. The SMILES string of the molecule is CC1CC(C)CN(S(=O)(=O)N(CCC#N)Cc2cccnc2)C1. The number of hydrogen-bond donors (Lipinski definition) is 0. The van der Waals surface area contributed by atoms with E-state index in [2.05, 4.69) is 18.8 Å². The Labute approximate surface area is 138 Å². The number of nitrogens with zero attached hydrogens (tertiary/aromatic N) is 4. The summed E-state index contributed by atoms with van der Waals surface area (Å²) >= 11 is 0. The predicted molar refractivity (Wildman–Crippen MR) is 88.3 cm³/mol. The molecule has 1 aromatic rings. The van der Waals surface area contributed by atoms with E-state index in [1.54, 1.807) is 22.8 Å². The zero-order valence-electron chi connectivity index (χ0n) is 13.7. The van der Waals surface area contributed by atoms with Crippen molar-refractivity contribution in [3.63, 3.8) is 0 Å². The first kappa shape index (κ1) is 17.9. The molecule has 2 atom stereocenters. The van der Waals surface area contributed by atoms with Crippen LogP contribution < -0.4 is 0 Å². The number of piperidine rings is 1. The van der Waals surface area contributed by atoms with Gasteiger partial charge in [-0.3, -0.25) is 4.98 Å². The van der Waals surface area contributed by atoms with E-state index in [-0.39, 0.29) is 19.5 Å². The van der Waals surface area contributed by atoms with E-state index < -0.39 is 10.2 Å². The van der Waals surface area contributed by atoms with E-state index >= 15 is 0 Å². The molecule has 0 saturated carbocycles. The Hall–Kier alpha value is -1.49. The van der Waals surface area contributed by atoms with Crippen molar-refractivity contribution in [2.75, 3.05) is 19.6 Å². The Bertz CT molecular complexity index is 632. The summed E-state index contributed by atoms with van der Waals surface area (Å²) in [6.45, 7) is 5.70. The van der Waals surface area contributed by atoms with E-state index in [9.17, 15) is 8.42 Å². The summed E-state index contributed by atoms with van der Waals surface area (Å²) in [5.74, 6) is 0.703. The predicted octanol–water partition coefficient (Wildman–Crippen LogP) is 2.02. The molecule has 0 spiro atoms. The van der Waals surface area contributed by atoms with Gasteiger partial charge in [-0.15, -0.1) is 0 Å². The van der Waals surface area contributed by atoms with Gasteiger partial charge in [-0.2, -0.15) is 22.3 Å². The Morgan fingerprint density at radius 2 is 2.09 bits per heavy atom. The third-order valence-electron chi connectivity index (χ3n) is 4.04. The van der Waals surface area contributed by atoms with Crippen LogP contribution in [-0.2, 0) is 16.8 Å². The van der Waals surface area contributed by atoms with Crippen molar-refractivity contribution >= 4 is 10.2 Å². The van der Waals surface area contributed by atoms with E-state index in [0.29, 0.717) is 24.9 Å². The highest BCUT2D eigenvalue weighted by molar-refractivity contribution is 7.86. The first-order chi connectivity index (χ1) is 10.9. The molecule has 2 unspecified atom stereocenters. The van der Waals surface area contributed by atoms with E-state index in [1.807, 2.05) is 12.1 Å². The minimum atomic E-state index is -3.57. The summed E-state index contributed by atoms with van der Waals surface area (Å²) in [7, 11) is -3.57. The van der Waals surface area contributed by atoms with Gasteiger partial charge in [0.05, 0.1) is 6.07 Å². The molecule has 1 aliphatic rings. The lowest BCUT2D eigenvalue weighted by Crippen LogP contribution is -2.49. The number of aromatic nitrogens is 1. The van der Waals surface area contributed by atoms with Crippen molar-refractivity contribution in [1.82, 2.24) is 13.6 Å². The minimum Gasteiger partial charge on any atom is -0.264 e. The van der Waals surface area contributed by atoms with Gasteiger partial charge in [0, 0.05) is 45.0 Å². The van der Waals surface area contributed by atoms with Crippen LogP contribution in [0.5, 0.6) is 0 Å². The summed E-state index contributed by atoms with van der Waals surface area (Å²) in [6.07, 6.45) is 4.55. The monoisotopic (exact) mass is 336 g/mol. The Balaban J connectivity index is 2.20. The fourth-order valence-electron chi connectivity index (χ4n) is 3.10. The van der Waals surface area contributed by atoms with Gasteiger partial charge in [-0.05, 0) is 29.9 Å². The number of rotatable bonds is 6. The quantitative estimate of drug-likeness (QED) is 0.796. The first-order valence-electron chi connectivity index (χ1n) is 7.94. The maximum atomic E-state index is 13.0. The van der Waals surface area contributed by atoms with Crippen molar-refractivity contribution in [3.05, 3.63) is 30.1 Å². The van der Waals surface area contributed by atoms with Crippen molar-refractivity contribution in [2.24, 2.45) is 11.8 Å². The molecule has 1 saturated heterocycles. The molecule has 0 radical (unpaired) electrons. The lowest BCUT2D eigenvalue weighted by molar-refractivity contribution is 0.208. The van der Waals surface area contributed by atoms with Gasteiger partial charge >= 0.3 is 0 Å². The maximum Gasteiger partial charge on any atom is 0.282 e. The highest BCUT2D eigenvalue weighted by atomic mass is 32.2. The molecule has 2 rings (SSSR count). The van der Waals surface area contributed by atoms with Gasteiger partial charge in [-0.1, -0.05) is 19.9 Å². The Kier molecular flexibility index (Phi) is 6.10. The van der Waals surface area contributed by atoms with Crippen molar-refractivity contribution in [1.29, 1.82) is 5.26 Å². The van der Waals surface area contributed by atoms with Gasteiger partial charge in [0.15, 0.2) is 0 Å². The Morgan fingerprint density at radius 3 is 2.65 bits per heavy atom. The topological polar surface area (TPSA) is 77.3 Å². The molecule has 6 nitrogen and oxygen atoms in total. The second kappa shape index (κ2) is 7.86. The van der Waals surface area contributed by atoms with Crippen molar-refractivity contribution in [2.45, 2.75) is 33.2 Å². The summed E-state index contributed by atoms with van der Waals surface area (Å²) in [6, 6.07) is 5.67. The second-order valence-corrected chi connectivity index (χ2v) is 8.30. The number of nitriles is 1. The van der Waals surface area contributed by atoms with Crippen LogP contribution in [0.1, 0.15) is 32.3 Å². The van der Waals surface area contributed by atoms with E-state index in [4.69, 9.17) is 5.26 Å². The van der Waals surface area contributed by atoms with Crippen LogP contribution in [0.25, 0.3) is 0 Å². The average molecular weight is 336 g/mol. The van der Waals surface area contributed by atoms with Gasteiger partial charge in [0.25, 0.3) is 10.2 Å². The molecule has 0 N–H and O–H groups in total. The van der Waals surface area contributed by atoms with Crippen molar-refractivity contribution in [3.8, 4) is 6.07 Å². The molecule has 23 heavy (non-hydrogen) atoms. The lowest BCUT2D eigenvalue weighted by Gasteiger charge is -2.37. The lowest BCUT2D eigenvalue weighted by atomic mass is 9.94. The molecule has 0 bridgehead atoms. The molecular weight excluding hydrogens is 312 g/mol. The summed E-state index contributed by atoms with van der Waals surface area (Å²) in [4.78, 5) is 4.04. The molecule has 2 heterocycles. The van der Waals surface area contributed by atoms with Crippen LogP contribution in [0, 0.1) is 23.2 Å². The molecule has 7 heteroatoms. The standard InChI is InChI=1S/C16H24N4O2S/c1-14-9-15(2)12-20(11-14)23(21,22)19(8-4-6-17)13-16-5-3-7-18-10-16/h3,5,7,10,14-15H,4,8-9,11-13H2,1-2H3.